The van der Waals surface area contributed by atoms with Crippen LogP contribution in [0.5, 0.6) is 17.2 Å². The molecule has 7 nitrogen and oxygen atoms in total. The Labute approximate surface area is 186 Å². The van der Waals surface area contributed by atoms with Gasteiger partial charge in [-0.2, -0.15) is 27.1 Å². The first-order chi connectivity index (χ1) is 14.9. The van der Waals surface area contributed by atoms with Crippen LogP contribution in [0.3, 0.4) is 0 Å². The van der Waals surface area contributed by atoms with Gasteiger partial charge in [-0.3, -0.25) is 9.48 Å². The van der Waals surface area contributed by atoms with Crippen LogP contribution in [0.25, 0.3) is 22.2 Å². The van der Waals surface area contributed by atoms with Gasteiger partial charge in [0, 0.05) is 17.1 Å². The van der Waals surface area contributed by atoms with Crippen LogP contribution in [0, 0.1) is 0 Å². The molecule has 0 saturated carbocycles. The van der Waals surface area contributed by atoms with Gasteiger partial charge in [0.1, 0.15) is 22.8 Å². The maximum Gasteiger partial charge on any atom is 0.422 e. The summed E-state index contributed by atoms with van der Waals surface area (Å²) >= 11 is 3.20. The number of fused-ring (bicyclic) bond motifs is 1. The largest absolute Gasteiger partial charge is 0.496 e. The highest BCUT2D eigenvalue weighted by atomic mass is 79.9. The molecule has 0 unspecified atom stereocenters. The van der Waals surface area contributed by atoms with Crippen molar-refractivity contribution in [2.75, 3.05) is 13.7 Å². The van der Waals surface area contributed by atoms with Crippen LogP contribution in [0.1, 0.15) is 10.4 Å². The lowest BCUT2D eigenvalue weighted by atomic mass is 10.0. The van der Waals surface area contributed by atoms with E-state index in [4.69, 9.17) is 15.2 Å². The van der Waals surface area contributed by atoms with E-state index < -0.39 is 36.6 Å². The van der Waals surface area contributed by atoms with Gasteiger partial charge < -0.3 is 19.9 Å². The summed E-state index contributed by atoms with van der Waals surface area (Å²) in [5.74, 6) is -1.96. The highest BCUT2D eigenvalue weighted by Gasteiger charge is 2.30. The van der Waals surface area contributed by atoms with Crippen LogP contribution in [-0.2, 0) is 7.05 Å². The van der Waals surface area contributed by atoms with Gasteiger partial charge in [0.2, 0.25) is 0 Å². The number of alkyl halides is 5. The normalized spacial score (nSPS) is 11.8. The Morgan fingerprint density at radius 2 is 1.84 bits per heavy atom. The molecule has 172 valence electrons. The Morgan fingerprint density at radius 3 is 2.41 bits per heavy atom. The van der Waals surface area contributed by atoms with Crippen molar-refractivity contribution in [2.45, 2.75) is 12.8 Å². The molecule has 0 bridgehead atoms. The van der Waals surface area contributed by atoms with Crippen molar-refractivity contribution in [3.8, 4) is 28.5 Å². The van der Waals surface area contributed by atoms with Crippen molar-refractivity contribution in [1.82, 2.24) is 9.78 Å². The Bertz CT molecular complexity index is 1180. The molecule has 0 atom stereocenters. The highest BCUT2D eigenvalue weighted by molar-refractivity contribution is 9.10. The van der Waals surface area contributed by atoms with Gasteiger partial charge in [-0.15, -0.1) is 0 Å². The average Bonchev–Trinajstić information content (AvgIpc) is 2.99. The molecule has 3 aromatic rings. The molecule has 0 spiro atoms. The fraction of sp³-hybridized carbons (Fsp3) is 0.263. The Morgan fingerprint density at radius 1 is 1.19 bits per heavy atom. The van der Waals surface area contributed by atoms with E-state index in [1.165, 1.54) is 31.0 Å². The molecule has 0 aliphatic rings. The first kappa shape index (κ1) is 23.6. The van der Waals surface area contributed by atoms with Crippen LogP contribution in [0.2, 0.25) is 0 Å². The second-order valence-electron chi connectivity index (χ2n) is 6.47. The highest BCUT2D eigenvalue weighted by Crippen LogP contribution is 2.42. The van der Waals surface area contributed by atoms with Gasteiger partial charge in [-0.05, 0) is 24.3 Å². The predicted molar refractivity (Wildman–Crippen MR) is 107 cm³/mol. The van der Waals surface area contributed by atoms with Crippen molar-refractivity contribution < 1.29 is 41.0 Å². The molecule has 0 saturated heterocycles. The van der Waals surface area contributed by atoms with Crippen LogP contribution in [0.15, 0.2) is 28.7 Å². The van der Waals surface area contributed by atoms with E-state index in [0.717, 1.165) is 6.07 Å². The van der Waals surface area contributed by atoms with Gasteiger partial charge in [0.15, 0.2) is 6.61 Å². The Kier molecular flexibility index (Phi) is 6.49. The molecule has 0 aliphatic heterocycles. The van der Waals surface area contributed by atoms with Crippen molar-refractivity contribution in [2.24, 2.45) is 12.8 Å². The molecule has 1 heterocycles. The smallest absolute Gasteiger partial charge is 0.422 e. The number of ether oxygens (including phenoxy) is 3. The molecule has 1 aromatic heterocycles. The van der Waals surface area contributed by atoms with E-state index in [1.807, 2.05) is 0 Å². The third-order valence-electron chi connectivity index (χ3n) is 4.28. The summed E-state index contributed by atoms with van der Waals surface area (Å²) in [7, 11) is 2.69. The summed E-state index contributed by atoms with van der Waals surface area (Å²) in [5, 5.41) is 4.44. The van der Waals surface area contributed by atoms with Gasteiger partial charge in [0.25, 0.3) is 5.91 Å². The number of rotatable bonds is 7. The summed E-state index contributed by atoms with van der Waals surface area (Å²) in [6.07, 6.45) is -4.60. The van der Waals surface area contributed by atoms with Crippen molar-refractivity contribution in [1.29, 1.82) is 0 Å². The average molecular weight is 524 g/mol. The number of nitrogens with two attached hydrogens (primary N) is 1. The standard InChI is InChI=1S/C19H15BrF5N3O4/c1-28-16(8-3-11(30-2)15(17(26)29)13(4-8)32-18(21)22)14-10(27-28)5-9(20)6-12(14)31-7-19(23,24)25/h3-6,18H,7H2,1-2H3,(H2,26,29). The van der Waals surface area contributed by atoms with Gasteiger partial charge in [0.05, 0.1) is 23.7 Å². The summed E-state index contributed by atoms with van der Waals surface area (Å²) < 4.78 is 80.5. The van der Waals surface area contributed by atoms with Gasteiger partial charge in [-0.1, -0.05) is 15.9 Å². The van der Waals surface area contributed by atoms with E-state index in [9.17, 15) is 26.7 Å². The molecule has 32 heavy (non-hydrogen) atoms. The lowest BCUT2D eigenvalue weighted by molar-refractivity contribution is -0.153. The SMILES string of the molecule is COc1cc(-c2c3c(OCC(F)(F)F)cc(Br)cc3nn2C)cc(OC(F)F)c1C(N)=O. The molecular formula is C19H15BrF5N3O4. The zero-order chi connectivity index (χ0) is 23.8. The maximum absolute atomic E-state index is 13.0. The number of amides is 1. The molecule has 2 N–H and O–H groups in total. The number of hydrogen-bond acceptors (Lipinski definition) is 5. The lowest BCUT2D eigenvalue weighted by Gasteiger charge is -2.16. The van der Waals surface area contributed by atoms with Gasteiger partial charge in [-0.25, -0.2) is 0 Å². The second kappa shape index (κ2) is 8.81. The molecule has 2 aromatic carbocycles. The summed E-state index contributed by atoms with van der Waals surface area (Å²) in [6, 6.07) is 5.28. The maximum atomic E-state index is 13.0. The topological polar surface area (TPSA) is 88.6 Å². The fourth-order valence-electron chi connectivity index (χ4n) is 3.18. The van der Waals surface area contributed by atoms with E-state index >= 15 is 0 Å². The van der Waals surface area contributed by atoms with Gasteiger partial charge >= 0.3 is 12.8 Å². The molecule has 0 radical (unpaired) electrons. The second-order valence-corrected chi connectivity index (χ2v) is 7.38. The number of carbonyl (C=O) groups excluding carboxylic acids is 1. The number of halogens is 6. The monoisotopic (exact) mass is 523 g/mol. The van der Waals surface area contributed by atoms with E-state index in [1.54, 1.807) is 6.07 Å². The molecule has 0 aliphatic carbocycles. The van der Waals surface area contributed by atoms with E-state index in [0.29, 0.717) is 4.47 Å². The molecule has 0 fully saturated rings. The minimum Gasteiger partial charge on any atom is -0.496 e. The van der Waals surface area contributed by atoms with Crippen LogP contribution in [0.4, 0.5) is 22.0 Å². The number of hydrogen-bond donors (Lipinski definition) is 1. The molecule has 13 heteroatoms. The van der Waals surface area contributed by atoms with Crippen molar-refractivity contribution in [3.05, 3.63) is 34.3 Å². The first-order valence-corrected chi connectivity index (χ1v) is 9.53. The lowest BCUT2D eigenvalue weighted by Crippen LogP contribution is -2.19. The summed E-state index contributed by atoms with van der Waals surface area (Å²) in [4.78, 5) is 11.8. The van der Waals surface area contributed by atoms with Crippen molar-refractivity contribution >= 4 is 32.7 Å². The minimum atomic E-state index is -4.60. The number of carbonyl (C=O) groups is 1. The number of aromatic nitrogens is 2. The van der Waals surface area contributed by atoms with Crippen LogP contribution < -0.4 is 19.9 Å². The van der Waals surface area contributed by atoms with Crippen LogP contribution in [-0.4, -0.2) is 42.2 Å². The minimum absolute atomic E-state index is 0.149. The number of aryl methyl sites for hydroxylation is 1. The van der Waals surface area contributed by atoms with E-state index in [-0.39, 0.29) is 33.7 Å². The third kappa shape index (κ3) is 4.87. The third-order valence-corrected chi connectivity index (χ3v) is 4.74. The number of primary amides is 1. The Balaban J connectivity index is 2.29. The number of benzene rings is 2. The molecule has 1 amide bonds. The zero-order valence-corrected chi connectivity index (χ0v) is 18.1. The number of methoxy groups -OCH3 is 1. The molecular weight excluding hydrogens is 509 g/mol. The predicted octanol–water partition coefficient (Wildman–Crippen LogP) is 4.65. The quantitative estimate of drug-likeness (QED) is 0.455. The van der Waals surface area contributed by atoms with E-state index in [2.05, 4.69) is 25.8 Å². The summed E-state index contributed by atoms with van der Waals surface area (Å²) in [6.45, 7) is -4.84. The van der Waals surface area contributed by atoms with Crippen molar-refractivity contribution in [3.63, 3.8) is 0 Å². The number of nitrogens with zero attached hydrogens (tertiary/aromatic N) is 2. The van der Waals surface area contributed by atoms with Crippen LogP contribution >= 0.6 is 15.9 Å². The molecule has 3 rings (SSSR count). The zero-order valence-electron chi connectivity index (χ0n) is 16.5. The summed E-state index contributed by atoms with van der Waals surface area (Å²) in [5.41, 5.74) is 5.50. The Hall–Kier alpha value is -3.09. The first-order valence-electron chi connectivity index (χ1n) is 8.74. The fourth-order valence-corrected chi connectivity index (χ4v) is 3.61.